The summed E-state index contributed by atoms with van der Waals surface area (Å²) < 4.78 is 0. The van der Waals surface area contributed by atoms with Crippen LogP contribution < -0.4 is 11.3 Å². The number of nitrogens with one attached hydrogen (secondary N) is 1. The minimum atomic E-state index is 0.802. The lowest BCUT2D eigenvalue weighted by Gasteiger charge is -1.85. The zero-order valence-electron chi connectivity index (χ0n) is 4.93. The summed E-state index contributed by atoms with van der Waals surface area (Å²) in [6, 6.07) is 0. The van der Waals surface area contributed by atoms with Gasteiger partial charge >= 0.3 is 0 Å². The first-order valence-corrected chi connectivity index (χ1v) is 3.03. The Labute approximate surface area is 49.7 Å². The largest absolute Gasteiger partial charge is 0.271 e. The summed E-state index contributed by atoms with van der Waals surface area (Å²) in [5.74, 6) is 5.91. The van der Waals surface area contributed by atoms with E-state index in [0.717, 1.165) is 12.5 Å². The molecule has 0 spiro atoms. The first-order valence-electron chi connectivity index (χ1n) is 3.03. The second-order valence-corrected chi connectivity index (χ2v) is 2.17. The van der Waals surface area contributed by atoms with Crippen LogP contribution in [0, 0.1) is 5.92 Å². The predicted molar refractivity (Wildman–Crippen MR) is 34.1 cm³/mol. The highest BCUT2D eigenvalue weighted by atomic mass is 15.2. The van der Waals surface area contributed by atoms with Crippen LogP contribution in [0.4, 0.5) is 0 Å². The Morgan fingerprint density at radius 1 is 1.62 bits per heavy atom. The highest BCUT2D eigenvalue weighted by molar-refractivity contribution is 4.96. The summed E-state index contributed by atoms with van der Waals surface area (Å²) in [5, 5.41) is 0. The van der Waals surface area contributed by atoms with Crippen LogP contribution in [0.5, 0.6) is 0 Å². The van der Waals surface area contributed by atoms with Gasteiger partial charge in [-0.25, -0.2) is 0 Å². The summed E-state index contributed by atoms with van der Waals surface area (Å²) in [6.07, 6.45) is 7.06. The SMILES string of the molecule is NNCC=CC1CC1. The van der Waals surface area contributed by atoms with Crippen LogP contribution in [0.25, 0.3) is 0 Å². The predicted octanol–water partition coefficient (Wildman–Crippen LogP) is 0.416. The number of allylic oxidation sites excluding steroid dienone is 1. The average Bonchev–Trinajstić information content (AvgIpc) is 2.51. The molecule has 46 valence electrons. The molecule has 8 heavy (non-hydrogen) atoms. The Kier molecular flexibility index (Phi) is 2.06. The lowest BCUT2D eigenvalue weighted by molar-refractivity contribution is 0.819. The van der Waals surface area contributed by atoms with Gasteiger partial charge in [0.05, 0.1) is 0 Å². The Bertz CT molecular complexity index is 84.5. The third-order valence-electron chi connectivity index (χ3n) is 1.27. The van der Waals surface area contributed by atoms with E-state index in [1.807, 2.05) is 0 Å². The molecule has 0 heterocycles. The molecule has 1 aliphatic carbocycles. The van der Waals surface area contributed by atoms with Gasteiger partial charge in [0.1, 0.15) is 0 Å². The molecule has 1 rings (SSSR count). The van der Waals surface area contributed by atoms with Gasteiger partial charge in [-0.05, 0) is 18.8 Å². The van der Waals surface area contributed by atoms with Gasteiger partial charge in [0.25, 0.3) is 0 Å². The highest BCUT2D eigenvalue weighted by Crippen LogP contribution is 2.29. The molecule has 0 amide bonds. The first-order chi connectivity index (χ1) is 3.93. The molecule has 0 aliphatic heterocycles. The zero-order chi connectivity index (χ0) is 5.82. The van der Waals surface area contributed by atoms with Crippen molar-refractivity contribution in [2.24, 2.45) is 11.8 Å². The van der Waals surface area contributed by atoms with Gasteiger partial charge in [0.2, 0.25) is 0 Å². The normalized spacial score (nSPS) is 20.1. The Balaban J connectivity index is 1.96. The van der Waals surface area contributed by atoms with Crippen molar-refractivity contribution in [3.05, 3.63) is 12.2 Å². The lowest BCUT2D eigenvalue weighted by atomic mass is 10.4. The van der Waals surface area contributed by atoms with Gasteiger partial charge in [-0.15, -0.1) is 0 Å². The van der Waals surface area contributed by atoms with Crippen molar-refractivity contribution < 1.29 is 0 Å². The molecule has 2 nitrogen and oxygen atoms in total. The molecule has 0 aromatic heterocycles. The fourth-order valence-electron chi connectivity index (χ4n) is 0.617. The van der Waals surface area contributed by atoms with Crippen LogP contribution in [0.3, 0.4) is 0 Å². The van der Waals surface area contributed by atoms with E-state index in [9.17, 15) is 0 Å². The molecule has 1 saturated carbocycles. The smallest absolute Gasteiger partial charge is 0.0278 e. The molecular weight excluding hydrogens is 100 g/mol. The zero-order valence-corrected chi connectivity index (χ0v) is 4.93. The van der Waals surface area contributed by atoms with Crippen molar-refractivity contribution in [2.75, 3.05) is 6.54 Å². The monoisotopic (exact) mass is 112 g/mol. The summed E-state index contributed by atoms with van der Waals surface area (Å²) in [5.41, 5.74) is 2.56. The van der Waals surface area contributed by atoms with Crippen LogP contribution in [0.15, 0.2) is 12.2 Å². The van der Waals surface area contributed by atoms with E-state index in [2.05, 4.69) is 17.6 Å². The maximum Gasteiger partial charge on any atom is 0.0278 e. The third-order valence-corrected chi connectivity index (χ3v) is 1.27. The third kappa shape index (κ3) is 2.09. The Hall–Kier alpha value is -0.340. The van der Waals surface area contributed by atoms with E-state index in [1.54, 1.807) is 0 Å². The maximum absolute atomic E-state index is 5.03. The van der Waals surface area contributed by atoms with Crippen LogP contribution in [-0.4, -0.2) is 6.54 Å². The molecule has 0 aromatic rings. The maximum atomic E-state index is 5.03. The van der Waals surface area contributed by atoms with E-state index in [0.29, 0.717) is 0 Å². The van der Waals surface area contributed by atoms with E-state index in [-0.39, 0.29) is 0 Å². The summed E-state index contributed by atoms with van der Waals surface area (Å²) >= 11 is 0. The fraction of sp³-hybridized carbons (Fsp3) is 0.667. The summed E-state index contributed by atoms with van der Waals surface area (Å²) in [6.45, 7) is 0.802. The number of nitrogens with two attached hydrogens (primary N) is 1. The van der Waals surface area contributed by atoms with Gasteiger partial charge in [0, 0.05) is 6.54 Å². The number of hydrogen-bond donors (Lipinski definition) is 2. The van der Waals surface area contributed by atoms with Crippen molar-refractivity contribution in [1.82, 2.24) is 5.43 Å². The van der Waals surface area contributed by atoms with Crippen LogP contribution in [0.1, 0.15) is 12.8 Å². The van der Waals surface area contributed by atoms with Crippen molar-refractivity contribution in [2.45, 2.75) is 12.8 Å². The molecule has 0 saturated heterocycles. The number of rotatable bonds is 3. The van der Waals surface area contributed by atoms with Crippen LogP contribution >= 0.6 is 0 Å². The van der Waals surface area contributed by atoms with E-state index in [4.69, 9.17) is 5.84 Å². The first kappa shape index (κ1) is 5.79. The van der Waals surface area contributed by atoms with E-state index >= 15 is 0 Å². The quantitative estimate of drug-likeness (QED) is 0.315. The van der Waals surface area contributed by atoms with Crippen molar-refractivity contribution in [1.29, 1.82) is 0 Å². The molecule has 0 radical (unpaired) electrons. The Morgan fingerprint density at radius 3 is 2.88 bits per heavy atom. The molecule has 0 unspecified atom stereocenters. The summed E-state index contributed by atoms with van der Waals surface area (Å²) in [4.78, 5) is 0. The topological polar surface area (TPSA) is 38.0 Å². The minimum absolute atomic E-state index is 0.802. The van der Waals surface area contributed by atoms with Gasteiger partial charge in [-0.2, -0.15) is 0 Å². The van der Waals surface area contributed by atoms with Gasteiger partial charge in [0.15, 0.2) is 0 Å². The van der Waals surface area contributed by atoms with E-state index < -0.39 is 0 Å². The lowest BCUT2D eigenvalue weighted by Crippen LogP contribution is -2.21. The number of hydrogen-bond acceptors (Lipinski definition) is 2. The summed E-state index contributed by atoms with van der Waals surface area (Å²) in [7, 11) is 0. The fourth-order valence-corrected chi connectivity index (χ4v) is 0.617. The molecule has 1 fully saturated rings. The average molecular weight is 112 g/mol. The highest BCUT2D eigenvalue weighted by Gasteiger charge is 2.16. The standard InChI is InChI=1S/C6H12N2/c7-8-5-1-2-6-3-4-6/h1-2,6,8H,3-5,7H2. The molecule has 1 aliphatic rings. The van der Waals surface area contributed by atoms with Crippen molar-refractivity contribution in [3.63, 3.8) is 0 Å². The van der Waals surface area contributed by atoms with Gasteiger partial charge < -0.3 is 0 Å². The minimum Gasteiger partial charge on any atom is -0.271 e. The van der Waals surface area contributed by atoms with Crippen LogP contribution in [0.2, 0.25) is 0 Å². The molecule has 0 aromatic carbocycles. The van der Waals surface area contributed by atoms with Gasteiger partial charge in [-0.3, -0.25) is 11.3 Å². The molecule has 2 heteroatoms. The second-order valence-electron chi connectivity index (χ2n) is 2.17. The Morgan fingerprint density at radius 2 is 2.38 bits per heavy atom. The molecule has 0 atom stereocenters. The van der Waals surface area contributed by atoms with E-state index in [1.165, 1.54) is 12.8 Å². The van der Waals surface area contributed by atoms with Crippen molar-refractivity contribution in [3.8, 4) is 0 Å². The number of hydrazine groups is 1. The molecule has 0 bridgehead atoms. The van der Waals surface area contributed by atoms with Crippen molar-refractivity contribution >= 4 is 0 Å². The molecular formula is C6H12N2. The molecule has 3 N–H and O–H groups in total. The van der Waals surface area contributed by atoms with Gasteiger partial charge in [-0.1, -0.05) is 12.2 Å². The second kappa shape index (κ2) is 2.84. The van der Waals surface area contributed by atoms with Crippen LogP contribution in [-0.2, 0) is 0 Å².